The average Bonchev–Trinajstić information content (AvgIpc) is 2.51. The summed E-state index contributed by atoms with van der Waals surface area (Å²) in [4.78, 5) is 0. The molecule has 2 rings (SSSR count). The van der Waals surface area contributed by atoms with E-state index in [0.717, 1.165) is 49.1 Å². The summed E-state index contributed by atoms with van der Waals surface area (Å²) in [7, 11) is 0. The molecule has 22 heavy (non-hydrogen) atoms. The van der Waals surface area contributed by atoms with Crippen LogP contribution in [0.1, 0.15) is 30.4 Å². The minimum Gasteiger partial charge on any atom is -0.494 e. The smallest absolute Gasteiger partial charge is 0.416 e. The predicted octanol–water partition coefficient (Wildman–Crippen LogP) is 5.50. The van der Waals surface area contributed by atoms with Gasteiger partial charge in [-0.05, 0) is 55.5 Å². The van der Waals surface area contributed by atoms with Gasteiger partial charge in [0.2, 0.25) is 0 Å². The Morgan fingerprint density at radius 2 is 1.45 bits per heavy atom. The van der Waals surface area contributed by atoms with Gasteiger partial charge < -0.3 is 4.74 Å². The van der Waals surface area contributed by atoms with Gasteiger partial charge >= 0.3 is 6.18 Å². The molecular weight excluding hydrogens is 289 g/mol. The molecule has 0 spiro atoms. The second kappa shape index (κ2) is 7.87. The van der Waals surface area contributed by atoms with Gasteiger partial charge in [-0.15, -0.1) is 0 Å². The first kappa shape index (κ1) is 16.4. The van der Waals surface area contributed by atoms with E-state index in [4.69, 9.17) is 4.74 Å². The molecule has 1 nitrogen and oxygen atoms in total. The van der Waals surface area contributed by atoms with Crippen LogP contribution in [0.3, 0.4) is 0 Å². The maximum atomic E-state index is 12.4. The first-order chi connectivity index (χ1) is 10.6. The number of halogens is 3. The van der Waals surface area contributed by atoms with E-state index in [1.807, 2.05) is 30.3 Å². The zero-order valence-electron chi connectivity index (χ0n) is 12.3. The SMILES string of the molecule is FC(F)(F)c1ccc(CCCCCOc2ccccc2)cc1. The number of alkyl halides is 3. The summed E-state index contributed by atoms with van der Waals surface area (Å²) < 4.78 is 42.9. The van der Waals surface area contributed by atoms with Gasteiger partial charge in [0.15, 0.2) is 0 Å². The minimum atomic E-state index is -4.26. The highest BCUT2D eigenvalue weighted by molar-refractivity contribution is 5.24. The van der Waals surface area contributed by atoms with Gasteiger partial charge in [-0.1, -0.05) is 30.3 Å². The molecule has 0 fully saturated rings. The van der Waals surface area contributed by atoms with Crippen molar-refractivity contribution in [1.82, 2.24) is 0 Å². The average molecular weight is 308 g/mol. The van der Waals surface area contributed by atoms with Crippen molar-refractivity contribution in [2.45, 2.75) is 31.9 Å². The quantitative estimate of drug-likeness (QED) is 0.614. The van der Waals surface area contributed by atoms with Crippen LogP contribution >= 0.6 is 0 Å². The van der Waals surface area contributed by atoms with Crippen molar-refractivity contribution in [1.29, 1.82) is 0 Å². The van der Waals surface area contributed by atoms with Gasteiger partial charge in [-0.3, -0.25) is 0 Å². The molecule has 2 aromatic carbocycles. The molecule has 0 N–H and O–H groups in total. The van der Waals surface area contributed by atoms with Crippen molar-refractivity contribution in [2.24, 2.45) is 0 Å². The Bertz CT molecular complexity index is 547. The Balaban J connectivity index is 1.62. The number of unbranched alkanes of at least 4 members (excludes halogenated alkanes) is 2. The molecule has 4 heteroatoms. The molecule has 0 heterocycles. The summed E-state index contributed by atoms with van der Waals surface area (Å²) in [5.74, 6) is 0.866. The van der Waals surface area contributed by atoms with Crippen LogP contribution in [-0.4, -0.2) is 6.61 Å². The fourth-order valence-corrected chi connectivity index (χ4v) is 2.18. The van der Waals surface area contributed by atoms with Gasteiger partial charge in [0, 0.05) is 0 Å². The van der Waals surface area contributed by atoms with Gasteiger partial charge in [0.05, 0.1) is 12.2 Å². The second-order valence-corrected chi connectivity index (χ2v) is 5.17. The lowest BCUT2D eigenvalue weighted by Gasteiger charge is -2.08. The van der Waals surface area contributed by atoms with Crippen molar-refractivity contribution < 1.29 is 17.9 Å². The minimum absolute atomic E-state index is 0.590. The van der Waals surface area contributed by atoms with Crippen LogP contribution in [0, 0.1) is 0 Å². The van der Waals surface area contributed by atoms with Gasteiger partial charge in [0.1, 0.15) is 5.75 Å². The fourth-order valence-electron chi connectivity index (χ4n) is 2.18. The Kier molecular flexibility index (Phi) is 5.87. The topological polar surface area (TPSA) is 9.23 Å². The molecule has 0 radical (unpaired) electrons. The van der Waals surface area contributed by atoms with Crippen molar-refractivity contribution in [3.8, 4) is 5.75 Å². The third-order valence-electron chi connectivity index (χ3n) is 3.40. The zero-order valence-corrected chi connectivity index (χ0v) is 12.3. The molecule has 2 aromatic rings. The number of para-hydroxylation sites is 1. The Labute approximate surface area is 128 Å². The summed E-state index contributed by atoms with van der Waals surface area (Å²) in [5.41, 5.74) is 0.351. The largest absolute Gasteiger partial charge is 0.494 e. The Morgan fingerprint density at radius 3 is 2.09 bits per heavy atom. The first-order valence-electron chi connectivity index (χ1n) is 7.40. The van der Waals surface area contributed by atoms with Crippen LogP contribution in [0.5, 0.6) is 5.75 Å². The summed E-state index contributed by atoms with van der Waals surface area (Å²) in [6, 6.07) is 15.1. The van der Waals surface area contributed by atoms with Crippen LogP contribution in [0.25, 0.3) is 0 Å². The molecular formula is C18H19F3O. The lowest BCUT2D eigenvalue weighted by molar-refractivity contribution is -0.137. The normalized spacial score (nSPS) is 11.4. The van der Waals surface area contributed by atoms with E-state index in [-0.39, 0.29) is 0 Å². The van der Waals surface area contributed by atoms with Gasteiger partial charge in [-0.25, -0.2) is 0 Å². The number of aryl methyl sites for hydroxylation is 1. The van der Waals surface area contributed by atoms with Crippen molar-refractivity contribution in [2.75, 3.05) is 6.61 Å². The van der Waals surface area contributed by atoms with E-state index in [9.17, 15) is 13.2 Å². The van der Waals surface area contributed by atoms with E-state index in [2.05, 4.69) is 0 Å². The summed E-state index contributed by atoms with van der Waals surface area (Å²) in [5, 5.41) is 0. The molecule has 0 saturated carbocycles. The number of ether oxygens (including phenoxy) is 1. The Hall–Kier alpha value is -1.97. The van der Waals surface area contributed by atoms with Crippen LogP contribution < -0.4 is 4.74 Å². The van der Waals surface area contributed by atoms with Crippen LogP contribution in [0.15, 0.2) is 54.6 Å². The van der Waals surface area contributed by atoms with Crippen molar-refractivity contribution in [3.63, 3.8) is 0 Å². The van der Waals surface area contributed by atoms with Crippen LogP contribution in [0.2, 0.25) is 0 Å². The van der Waals surface area contributed by atoms with Crippen LogP contribution in [0.4, 0.5) is 13.2 Å². The molecule has 0 aliphatic rings. The highest BCUT2D eigenvalue weighted by Crippen LogP contribution is 2.29. The number of hydrogen-bond donors (Lipinski definition) is 0. The van der Waals surface area contributed by atoms with E-state index in [1.165, 1.54) is 0 Å². The molecule has 0 aliphatic carbocycles. The van der Waals surface area contributed by atoms with E-state index in [1.54, 1.807) is 12.1 Å². The lowest BCUT2D eigenvalue weighted by atomic mass is 10.1. The first-order valence-corrected chi connectivity index (χ1v) is 7.40. The molecule has 0 aromatic heterocycles. The number of benzene rings is 2. The third kappa shape index (κ3) is 5.43. The monoisotopic (exact) mass is 308 g/mol. The fraction of sp³-hybridized carbons (Fsp3) is 0.333. The number of hydrogen-bond acceptors (Lipinski definition) is 1. The van der Waals surface area contributed by atoms with Gasteiger partial charge in [0.25, 0.3) is 0 Å². The molecule has 0 unspecified atom stereocenters. The van der Waals surface area contributed by atoms with Crippen LogP contribution in [-0.2, 0) is 12.6 Å². The molecule has 0 atom stereocenters. The van der Waals surface area contributed by atoms with Crippen molar-refractivity contribution in [3.05, 3.63) is 65.7 Å². The van der Waals surface area contributed by atoms with E-state index >= 15 is 0 Å². The maximum absolute atomic E-state index is 12.4. The Morgan fingerprint density at radius 1 is 0.773 bits per heavy atom. The standard InChI is InChI=1S/C18H19F3O/c19-18(20,21)16-12-10-15(11-13-16)7-3-2-6-14-22-17-8-4-1-5-9-17/h1,4-5,8-13H,2-3,6-7,14H2. The zero-order chi connectivity index (χ0) is 15.8. The molecule has 0 bridgehead atoms. The van der Waals surface area contributed by atoms with Crippen molar-refractivity contribution >= 4 is 0 Å². The highest BCUT2D eigenvalue weighted by Gasteiger charge is 2.29. The molecule has 118 valence electrons. The second-order valence-electron chi connectivity index (χ2n) is 5.17. The van der Waals surface area contributed by atoms with E-state index < -0.39 is 11.7 Å². The third-order valence-corrected chi connectivity index (χ3v) is 3.40. The number of rotatable bonds is 7. The molecule has 0 amide bonds. The molecule has 0 aliphatic heterocycles. The summed E-state index contributed by atoms with van der Waals surface area (Å²) in [6.07, 6.45) is -0.580. The summed E-state index contributed by atoms with van der Waals surface area (Å²) in [6.45, 7) is 0.664. The van der Waals surface area contributed by atoms with E-state index in [0.29, 0.717) is 6.61 Å². The highest BCUT2D eigenvalue weighted by atomic mass is 19.4. The maximum Gasteiger partial charge on any atom is 0.416 e. The lowest BCUT2D eigenvalue weighted by Crippen LogP contribution is -2.04. The summed E-state index contributed by atoms with van der Waals surface area (Å²) >= 11 is 0. The molecule has 0 saturated heterocycles. The predicted molar refractivity (Wildman–Crippen MR) is 80.9 cm³/mol. The van der Waals surface area contributed by atoms with Gasteiger partial charge in [-0.2, -0.15) is 13.2 Å².